The average molecular weight is 245 g/mol. The Bertz CT molecular complexity index is 372. The third-order valence-electron chi connectivity index (χ3n) is 4.27. The van der Waals surface area contributed by atoms with E-state index >= 15 is 0 Å². The fraction of sp³-hybridized carbons (Fsp3) is 0.647. The minimum Gasteiger partial charge on any atom is -0.310 e. The van der Waals surface area contributed by atoms with Crippen LogP contribution in [0.5, 0.6) is 0 Å². The monoisotopic (exact) mass is 245 g/mol. The number of hydrogen-bond donors (Lipinski definition) is 1. The van der Waals surface area contributed by atoms with Gasteiger partial charge in [-0.25, -0.2) is 0 Å². The van der Waals surface area contributed by atoms with Gasteiger partial charge in [-0.05, 0) is 43.7 Å². The smallest absolute Gasteiger partial charge is 0.0348 e. The molecule has 0 aliphatic heterocycles. The summed E-state index contributed by atoms with van der Waals surface area (Å²) in [5.74, 6) is 1.71. The van der Waals surface area contributed by atoms with E-state index in [9.17, 15) is 0 Å². The van der Waals surface area contributed by atoms with Crippen LogP contribution in [-0.2, 0) is 0 Å². The van der Waals surface area contributed by atoms with E-state index in [1.807, 2.05) is 0 Å². The van der Waals surface area contributed by atoms with Crippen LogP contribution in [0.25, 0.3) is 0 Å². The highest BCUT2D eigenvalue weighted by Crippen LogP contribution is 2.37. The number of benzene rings is 1. The Balaban J connectivity index is 2.16. The first-order chi connectivity index (χ1) is 8.70. The molecule has 3 unspecified atom stereocenters. The maximum Gasteiger partial charge on any atom is 0.0348 e. The molecule has 1 N–H and O–H groups in total. The van der Waals surface area contributed by atoms with E-state index in [1.54, 1.807) is 0 Å². The topological polar surface area (TPSA) is 12.0 Å². The number of rotatable bonds is 4. The van der Waals surface area contributed by atoms with Crippen LogP contribution in [0, 0.1) is 18.8 Å². The van der Waals surface area contributed by atoms with Gasteiger partial charge in [0.1, 0.15) is 0 Å². The molecular formula is C17H27N. The molecule has 18 heavy (non-hydrogen) atoms. The molecule has 2 rings (SSSR count). The fourth-order valence-corrected chi connectivity index (χ4v) is 3.42. The summed E-state index contributed by atoms with van der Waals surface area (Å²) in [6, 6.07) is 9.58. The normalized spacial score (nSPS) is 25.9. The van der Waals surface area contributed by atoms with Gasteiger partial charge >= 0.3 is 0 Å². The summed E-state index contributed by atoms with van der Waals surface area (Å²) in [6.07, 6.45) is 5.59. The summed E-state index contributed by atoms with van der Waals surface area (Å²) >= 11 is 0. The van der Waals surface area contributed by atoms with Crippen molar-refractivity contribution in [3.8, 4) is 0 Å². The van der Waals surface area contributed by atoms with E-state index in [1.165, 1.54) is 36.8 Å². The van der Waals surface area contributed by atoms with Gasteiger partial charge in [-0.3, -0.25) is 0 Å². The Labute approximate surface area is 112 Å². The Hall–Kier alpha value is -0.820. The summed E-state index contributed by atoms with van der Waals surface area (Å²) in [5, 5.41) is 3.72. The van der Waals surface area contributed by atoms with Crippen molar-refractivity contribution in [3.05, 3.63) is 35.4 Å². The predicted molar refractivity (Wildman–Crippen MR) is 78.7 cm³/mol. The molecule has 0 spiro atoms. The molecule has 0 bridgehead atoms. The van der Waals surface area contributed by atoms with Crippen molar-refractivity contribution < 1.29 is 0 Å². The van der Waals surface area contributed by atoms with Gasteiger partial charge in [-0.15, -0.1) is 0 Å². The molecule has 100 valence electrons. The molecule has 0 amide bonds. The lowest BCUT2D eigenvalue weighted by Crippen LogP contribution is -2.31. The predicted octanol–water partition coefficient (Wildman–Crippen LogP) is 4.47. The molecule has 3 atom stereocenters. The molecule has 0 heterocycles. The van der Waals surface area contributed by atoms with Crippen LogP contribution in [0.4, 0.5) is 0 Å². The number of aryl methyl sites for hydroxylation is 1. The molecule has 0 aromatic heterocycles. The molecule has 1 aromatic carbocycles. The summed E-state index contributed by atoms with van der Waals surface area (Å²) in [4.78, 5) is 0. The second kappa shape index (κ2) is 6.38. The zero-order chi connectivity index (χ0) is 13.0. The molecule has 1 fully saturated rings. The van der Waals surface area contributed by atoms with E-state index in [4.69, 9.17) is 0 Å². The first kappa shape index (κ1) is 13.6. The van der Waals surface area contributed by atoms with Gasteiger partial charge in [0.2, 0.25) is 0 Å². The Kier molecular flexibility index (Phi) is 4.82. The molecule has 1 saturated carbocycles. The zero-order valence-electron chi connectivity index (χ0n) is 12.1. The van der Waals surface area contributed by atoms with Gasteiger partial charge in [-0.1, -0.05) is 56.5 Å². The summed E-state index contributed by atoms with van der Waals surface area (Å²) in [7, 11) is 0. The van der Waals surface area contributed by atoms with Crippen LogP contribution in [0.3, 0.4) is 0 Å². The molecule has 1 nitrogen and oxygen atoms in total. The first-order valence-electron chi connectivity index (χ1n) is 7.50. The first-order valence-corrected chi connectivity index (χ1v) is 7.50. The third-order valence-corrected chi connectivity index (χ3v) is 4.27. The number of hydrogen-bond acceptors (Lipinski definition) is 1. The van der Waals surface area contributed by atoms with Crippen LogP contribution in [0.2, 0.25) is 0 Å². The SMILES string of the molecule is CCNC(c1cccc(C)c1)C1CCCC(C)C1. The van der Waals surface area contributed by atoms with Gasteiger partial charge in [0.25, 0.3) is 0 Å². The van der Waals surface area contributed by atoms with Crippen molar-refractivity contribution in [2.75, 3.05) is 6.54 Å². The van der Waals surface area contributed by atoms with Crippen molar-refractivity contribution in [3.63, 3.8) is 0 Å². The van der Waals surface area contributed by atoms with E-state index in [0.29, 0.717) is 6.04 Å². The Morgan fingerprint density at radius 1 is 1.33 bits per heavy atom. The Morgan fingerprint density at radius 3 is 2.83 bits per heavy atom. The van der Waals surface area contributed by atoms with Crippen molar-refractivity contribution in [1.29, 1.82) is 0 Å². The standard InChI is InChI=1S/C17H27N/c1-4-18-17(15-9-5-7-13(2)11-15)16-10-6-8-14(3)12-16/h5,7,9,11,14,16-18H,4,6,8,10,12H2,1-3H3. The molecular weight excluding hydrogens is 218 g/mol. The zero-order valence-corrected chi connectivity index (χ0v) is 12.1. The minimum atomic E-state index is 0.553. The molecule has 1 aromatic rings. The van der Waals surface area contributed by atoms with Gasteiger partial charge in [0, 0.05) is 6.04 Å². The molecule has 1 heteroatoms. The largest absolute Gasteiger partial charge is 0.310 e. The summed E-state index contributed by atoms with van der Waals surface area (Å²) in [6.45, 7) is 7.87. The Morgan fingerprint density at radius 2 is 2.17 bits per heavy atom. The number of nitrogens with one attached hydrogen (secondary N) is 1. The van der Waals surface area contributed by atoms with Crippen molar-refractivity contribution in [1.82, 2.24) is 5.32 Å². The summed E-state index contributed by atoms with van der Waals surface area (Å²) < 4.78 is 0. The molecule has 1 aliphatic rings. The highest BCUT2D eigenvalue weighted by Gasteiger charge is 2.27. The molecule has 1 aliphatic carbocycles. The maximum absolute atomic E-state index is 3.72. The van der Waals surface area contributed by atoms with Crippen molar-refractivity contribution in [2.24, 2.45) is 11.8 Å². The van der Waals surface area contributed by atoms with Crippen LogP contribution in [0.15, 0.2) is 24.3 Å². The lowest BCUT2D eigenvalue weighted by atomic mass is 9.76. The van der Waals surface area contributed by atoms with E-state index in [-0.39, 0.29) is 0 Å². The van der Waals surface area contributed by atoms with Gasteiger partial charge in [0.05, 0.1) is 0 Å². The van der Waals surface area contributed by atoms with Crippen LogP contribution in [-0.4, -0.2) is 6.54 Å². The maximum atomic E-state index is 3.72. The van der Waals surface area contributed by atoms with Crippen LogP contribution < -0.4 is 5.32 Å². The van der Waals surface area contributed by atoms with Crippen LogP contribution in [0.1, 0.15) is 56.7 Å². The van der Waals surface area contributed by atoms with Crippen molar-refractivity contribution in [2.45, 2.75) is 52.5 Å². The van der Waals surface area contributed by atoms with Gasteiger partial charge in [-0.2, -0.15) is 0 Å². The van der Waals surface area contributed by atoms with Crippen molar-refractivity contribution >= 4 is 0 Å². The van der Waals surface area contributed by atoms with E-state index < -0.39 is 0 Å². The van der Waals surface area contributed by atoms with E-state index in [2.05, 4.69) is 50.4 Å². The molecule has 0 radical (unpaired) electrons. The highest BCUT2D eigenvalue weighted by atomic mass is 14.9. The third kappa shape index (κ3) is 3.35. The van der Waals surface area contributed by atoms with Gasteiger partial charge < -0.3 is 5.32 Å². The second-order valence-corrected chi connectivity index (χ2v) is 5.98. The molecule has 0 saturated heterocycles. The van der Waals surface area contributed by atoms with Crippen LogP contribution >= 0.6 is 0 Å². The lowest BCUT2D eigenvalue weighted by molar-refractivity contribution is 0.225. The summed E-state index contributed by atoms with van der Waals surface area (Å²) in [5.41, 5.74) is 2.86. The fourth-order valence-electron chi connectivity index (χ4n) is 3.42. The average Bonchev–Trinajstić information content (AvgIpc) is 2.36. The van der Waals surface area contributed by atoms with E-state index in [0.717, 1.165) is 18.4 Å². The quantitative estimate of drug-likeness (QED) is 0.825. The lowest BCUT2D eigenvalue weighted by Gasteiger charge is -2.34. The van der Waals surface area contributed by atoms with Gasteiger partial charge in [0.15, 0.2) is 0 Å². The minimum absolute atomic E-state index is 0.553. The second-order valence-electron chi connectivity index (χ2n) is 5.98. The highest BCUT2D eigenvalue weighted by molar-refractivity contribution is 5.25.